The summed E-state index contributed by atoms with van der Waals surface area (Å²) in [7, 11) is 0. The molecule has 1 heterocycles. The second-order valence-corrected chi connectivity index (χ2v) is 7.41. The van der Waals surface area contributed by atoms with E-state index in [2.05, 4.69) is 5.32 Å². The highest BCUT2D eigenvalue weighted by Crippen LogP contribution is 2.22. The maximum Gasteiger partial charge on any atom is 0.338 e. The summed E-state index contributed by atoms with van der Waals surface area (Å²) in [5.74, 6) is -0.905. The van der Waals surface area contributed by atoms with Gasteiger partial charge in [-0.15, -0.1) is 0 Å². The highest BCUT2D eigenvalue weighted by atomic mass is 16.5. The third-order valence-corrected chi connectivity index (χ3v) is 5.21. The van der Waals surface area contributed by atoms with Gasteiger partial charge in [0.15, 0.2) is 6.61 Å². The summed E-state index contributed by atoms with van der Waals surface area (Å²) < 4.78 is 5.16. The van der Waals surface area contributed by atoms with E-state index in [1.807, 2.05) is 39.0 Å². The highest BCUT2D eigenvalue weighted by Gasteiger charge is 2.22. The van der Waals surface area contributed by atoms with Crippen LogP contribution >= 0.6 is 0 Å². The Bertz CT molecular complexity index is 938. The molecule has 1 unspecified atom stereocenters. The summed E-state index contributed by atoms with van der Waals surface area (Å²) in [5, 5.41) is 2.84. The number of aryl methyl sites for hydroxylation is 2. The fourth-order valence-electron chi connectivity index (χ4n) is 3.34. The normalized spacial score (nSPS) is 14.6. The van der Waals surface area contributed by atoms with Crippen LogP contribution in [0.3, 0.4) is 0 Å². The molecule has 2 aromatic rings. The number of amides is 2. The lowest BCUT2D eigenvalue weighted by atomic mass is 10.0. The maximum absolute atomic E-state index is 12.3. The van der Waals surface area contributed by atoms with Crippen LogP contribution in [0.2, 0.25) is 0 Å². The first kappa shape index (κ1) is 20.6. The molecule has 2 amide bonds. The van der Waals surface area contributed by atoms with Crippen molar-refractivity contribution in [3.05, 3.63) is 64.7 Å². The second kappa shape index (κ2) is 8.90. The topological polar surface area (TPSA) is 75.7 Å². The molecule has 1 atom stereocenters. The van der Waals surface area contributed by atoms with E-state index in [0.717, 1.165) is 17.5 Å². The van der Waals surface area contributed by atoms with Gasteiger partial charge < -0.3 is 15.0 Å². The van der Waals surface area contributed by atoms with Gasteiger partial charge in [0.1, 0.15) is 0 Å². The number of carbonyl (C=O) groups is 3. The van der Waals surface area contributed by atoms with Gasteiger partial charge in [-0.3, -0.25) is 9.59 Å². The minimum atomic E-state index is -0.590. The van der Waals surface area contributed by atoms with Gasteiger partial charge in [0.25, 0.3) is 5.91 Å². The van der Waals surface area contributed by atoms with E-state index >= 15 is 0 Å². The first-order valence-electron chi connectivity index (χ1n) is 9.79. The molecule has 0 aromatic heterocycles. The van der Waals surface area contributed by atoms with Crippen molar-refractivity contribution in [2.24, 2.45) is 0 Å². The number of rotatable bonds is 6. The van der Waals surface area contributed by atoms with Crippen LogP contribution in [0, 0.1) is 13.8 Å². The van der Waals surface area contributed by atoms with Gasteiger partial charge in [-0.25, -0.2) is 4.79 Å². The van der Waals surface area contributed by atoms with Crippen molar-refractivity contribution in [1.82, 2.24) is 5.32 Å². The molecule has 1 N–H and O–H groups in total. The van der Waals surface area contributed by atoms with E-state index in [-0.39, 0.29) is 24.5 Å². The predicted octanol–water partition coefficient (Wildman–Crippen LogP) is 3.46. The van der Waals surface area contributed by atoms with Crippen LogP contribution in [0.5, 0.6) is 0 Å². The van der Waals surface area contributed by atoms with Crippen LogP contribution < -0.4 is 10.2 Å². The number of nitrogens with zero attached hydrogens (tertiary/aromatic N) is 1. The highest BCUT2D eigenvalue weighted by molar-refractivity contribution is 5.97. The summed E-state index contributed by atoms with van der Waals surface area (Å²) in [6.07, 6.45) is 1.33. The Kier molecular flexibility index (Phi) is 6.32. The fourth-order valence-corrected chi connectivity index (χ4v) is 3.34. The number of hydrogen-bond acceptors (Lipinski definition) is 4. The van der Waals surface area contributed by atoms with Crippen LogP contribution in [-0.4, -0.2) is 30.9 Å². The molecule has 0 radical (unpaired) electrons. The monoisotopic (exact) mass is 394 g/mol. The van der Waals surface area contributed by atoms with Crippen LogP contribution in [0.4, 0.5) is 5.69 Å². The Hall–Kier alpha value is -3.15. The van der Waals surface area contributed by atoms with Crippen molar-refractivity contribution >= 4 is 23.5 Å². The zero-order valence-electron chi connectivity index (χ0n) is 17.0. The molecule has 6 nitrogen and oxygen atoms in total. The summed E-state index contributed by atoms with van der Waals surface area (Å²) >= 11 is 0. The van der Waals surface area contributed by atoms with Gasteiger partial charge in [-0.1, -0.05) is 24.3 Å². The van der Waals surface area contributed by atoms with Gasteiger partial charge in [0.2, 0.25) is 5.91 Å². The molecule has 3 rings (SSSR count). The van der Waals surface area contributed by atoms with E-state index < -0.39 is 5.97 Å². The average Bonchev–Trinajstić information content (AvgIpc) is 3.14. The minimum absolute atomic E-state index is 0.0511. The van der Waals surface area contributed by atoms with E-state index in [1.165, 1.54) is 5.56 Å². The molecule has 152 valence electrons. The van der Waals surface area contributed by atoms with E-state index in [4.69, 9.17) is 4.74 Å². The van der Waals surface area contributed by atoms with Crippen molar-refractivity contribution in [1.29, 1.82) is 0 Å². The number of anilines is 1. The van der Waals surface area contributed by atoms with Crippen LogP contribution in [0.25, 0.3) is 0 Å². The molecular formula is C23H26N2O4. The maximum atomic E-state index is 12.3. The lowest BCUT2D eigenvalue weighted by molar-refractivity contribution is -0.124. The molecule has 29 heavy (non-hydrogen) atoms. The summed E-state index contributed by atoms with van der Waals surface area (Å²) in [4.78, 5) is 38.1. The first-order chi connectivity index (χ1) is 13.8. The van der Waals surface area contributed by atoms with E-state index in [9.17, 15) is 14.4 Å². The van der Waals surface area contributed by atoms with E-state index in [0.29, 0.717) is 24.2 Å². The molecule has 0 saturated carbocycles. The SMILES string of the molecule is Cc1ccc(C(C)NC(=O)COC(=O)c2cccc(N3CCCC3=O)c2)cc1C. The summed E-state index contributed by atoms with van der Waals surface area (Å²) in [5.41, 5.74) is 4.34. The van der Waals surface area contributed by atoms with Crippen molar-refractivity contribution in [3.63, 3.8) is 0 Å². The average molecular weight is 394 g/mol. The van der Waals surface area contributed by atoms with Crippen molar-refractivity contribution in [2.75, 3.05) is 18.1 Å². The lowest BCUT2D eigenvalue weighted by Crippen LogP contribution is -2.31. The largest absolute Gasteiger partial charge is 0.452 e. The summed E-state index contributed by atoms with van der Waals surface area (Å²) in [6, 6.07) is 12.6. The van der Waals surface area contributed by atoms with Crippen LogP contribution in [0.15, 0.2) is 42.5 Å². The van der Waals surface area contributed by atoms with Crippen molar-refractivity contribution < 1.29 is 19.1 Å². The molecule has 6 heteroatoms. The molecule has 1 aliphatic heterocycles. The van der Waals surface area contributed by atoms with Gasteiger partial charge in [0.05, 0.1) is 11.6 Å². The number of nitrogens with one attached hydrogen (secondary N) is 1. The third-order valence-electron chi connectivity index (χ3n) is 5.21. The molecule has 2 aromatic carbocycles. The molecule has 0 bridgehead atoms. The standard InChI is InChI=1S/C23H26N2O4/c1-15-9-10-18(12-16(15)2)17(3)24-21(26)14-29-23(28)19-6-4-7-20(13-19)25-11-5-8-22(25)27/h4,6-7,9-10,12-13,17H,5,8,11,14H2,1-3H3,(H,24,26). The quantitative estimate of drug-likeness (QED) is 0.762. The molecule has 1 saturated heterocycles. The fraction of sp³-hybridized carbons (Fsp3) is 0.348. The Balaban J connectivity index is 1.55. The third kappa shape index (κ3) is 5.02. The second-order valence-electron chi connectivity index (χ2n) is 7.41. The Labute approximate surface area is 170 Å². The Morgan fingerprint density at radius 3 is 2.62 bits per heavy atom. The number of esters is 1. The van der Waals surface area contributed by atoms with Gasteiger partial charge in [-0.05, 0) is 62.1 Å². The Morgan fingerprint density at radius 1 is 1.14 bits per heavy atom. The zero-order chi connectivity index (χ0) is 21.0. The minimum Gasteiger partial charge on any atom is -0.452 e. The lowest BCUT2D eigenvalue weighted by Gasteiger charge is -2.17. The van der Waals surface area contributed by atoms with E-state index in [1.54, 1.807) is 29.2 Å². The number of carbonyl (C=O) groups excluding carboxylic acids is 3. The van der Waals surface area contributed by atoms with Crippen LogP contribution in [-0.2, 0) is 14.3 Å². The predicted molar refractivity (Wildman–Crippen MR) is 111 cm³/mol. The molecule has 0 spiro atoms. The van der Waals surface area contributed by atoms with Gasteiger partial charge >= 0.3 is 5.97 Å². The number of ether oxygens (including phenoxy) is 1. The number of benzene rings is 2. The first-order valence-corrected chi connectivity index (χ1v) is 9.79. The molecular weight excluding hydrogens is 368 g/mol. The Morgan fingerprint density at radius 2 is 1.93 bits per heavy atom. The zero-order valence-corrected chi connectivity index (χ0v) is 17.0. The van der Waals surface area contributed by atoms with Crippen molar-refractivity contribution in [3.8, 4) is 0 Å². The van der Waals surface area contributed by atoms with Gasteiger partial charge in [-0.2, -0.15) is 0 Å². The smallest absolute Gasteiger partial charge is 0.338 e. The van der Waals surface area contributed by atoms with Crippen molar-refractivity contribution in [2.45, 2.75) is 39.7 Å². The molecule has 1 fully saturated rings. The molecule has 1 aliphatic rings. The summed E-state index contributed by atoms with van der Waals surface area (Å²) in [6.45, 7) is 6.24. The van der Waals surface area contributed by atoms with Crippen LogP contribution in [0.1, 0.15) is 52.9 Å². The number of hydrogen-bond donors (Lipinski definition) is 1. The molecule has 0 aliphatic carbocycles. The van der Waals surface area contributed by atoms with Gasteiger partial charge in [0, 0.05) is 18.7 Å².